The average molecular weight is 345 g/mol. The van der Waals surface area contributed by atoms with Gasteiger partial charge in [0.15, 0.2) is 0 Å². The molecule has 6 nitrogen and oxygen atoms in total. The van der Waals surface area contributed by atoms with Crippen LogP contribution in [-0.2, 0) is 11.2 Å². The van der Waals surface area contributed by atoms with Crippen LogP contribution in [-0.4, -0.2) is 27.2 Å². The monoisotopic (exact) mass is 344 g/mol. The van der Waals surface area contributed by atoms with Crippen LogP contribution in [0, 0.1) is 6.92 Å². The summed E-state index contributed by atoms with van der Waals surface area (Å²) in [5, 5.41) is 7.45. The third kappa shape index (κ3) is 4.02. The Morgan fingerprint density at radius 1 is 1.38 bits per heavy atom. The van der Waals surface area contributed by atoms with Gasteiger partial charge in [-0.3, -0.25) is 4.79 Å². The zero-order valence-electron chi connectivity index (χ0n) is 13.1. The summed E-state index contributed by atoms with van der Waals surface area (Å²) in [6, 6.07) is 9.25. The minimum atomic E-state index is -0.109. The molecule has 1 N–H and O–H groups in total. The van der Waals surface area contributed by atoms with Gasteiger partial charge in [0.05, 0.1) is 24.5 Å². The number of nitrogens with zero attached hydrogens (tertiary/aromatic N) is 3. The highest BCUT2D eigenvalue weighted by atomic mass is 35.5. The Morgan fingerprint density at radius 3 is 2.79 bits per heavy atom. The molecular formula is C17H17ClN4O2. The van der Waals surface area contributed by atoms with E-state index in [0.717, 1.165) is 5.56 Å². The second-order valence-corrected chi connectivity index (χ2v) is 5.92. The van der Waals surface area contributed by atoms with Crippen LogP contribution in [0.25, 0.3) is 0 Å². The van der Waals surface area contributed by atoms with E-state index in [2.05, 4.69) is 15.5 Å². The van der Waals surface area contributed by atoms with Gasteiger partial charge in [0, 0.05) is 30.0 Å². The molecule has 0 aliphatic rings. The first kappa shape index (κ1) is 16.3. The maximum Gasteiger partial charge on any atom is 0.226 e. The van der Waals surface area contributed by atoms with Crippen LogP contribution in [0.1, 0.15) is 23.1 Å². The third-order valence-electron chi connectivity index (χ3n) is 3.65. The molecule has 1 unspecified atom stereocenters. The fraction of sp³-hybridized carbons (Fsp3) is 0.235. The molecule has 0 radical (unpaired) electrons. The van der Waals surface area contributed by atoms with E-state index in [4.69, 9.17) is 16.1 Å². The number of amides is 1. The van der Waals surface area contributed by atoms with Crippen LogP contribution in [0.3, 0.4) is 0 Å². The average Bonchev–Trinajstić information content (AvgIpc) is 3.21. The van der Waals surface area contributed by atoms with Gasteiger partial charge in [-0.25, -0.2) is 4.98 Å². The highest BCUT2D eigenvalue weighted by Gasteiger charge is 2.15. The molecule has 124 valence electrons. The minimum Gasteiger partial charge on any atom is -0.361 e. The molecule has 0 spiro atoms. The number of benzene rings is 1. The highest BCUT2D eigenvalue weighted by Crippen LogP contribution is 2.20. The maximum atomic E-state index is 12.1. The summed E-state index contributed by atoms with van der Waals surface area (Å²) >= 11 is 5.96. The second kappa shape index (κ2) is 7.31. The van der Waals surface area contributed by atoms with Gasteiger partial charge in [-0.1, -0.05) is 28.9 Å². The van der Waals surface area contributed by atoms with Crippen molar-refractivity contribution in [1.82, 2.24) is 20.0 Å². The van der Waals surface area contributed by atoms with Crippen LogP contribution in [0.15, 0.2) is 53.6 Å². The molecule has 0 bridgehead atoms. The molecule has 0 saturated heterocycles. The van der Waals surface area contributed by atoms with Crippen molar-refractivity contribution in [2.45, 2.75) is 19.4 Å². The lowest BCUT2D eigenvalue weighted by Gasteiger charge is -2.19. The first-order valence-corrected chi connectivity index (χ1v) is 7.91. The van der Waals surface area contributed by atoms with Gasteiger partial charge in [-0.15, -0.1) is 0 Å². The summed E-state index contributed by atoms with van der Waals surface area (Å²) in [4.78, 5) is 16.2. The molecule has 7 heteroatoms. The van der Waals surface area contributed by atoms with Gasteiger partial charge in [0.1, 0.15) is 5.76 Å². The number of carbonyl (C=O) groups excluding carboxylic acids is 1. The van der Waals surface area contributed by atoms with Gasteiger partial charge >= 0.3 is 0 Å². The van der Waals surface area contributed by atoms with Crippen LogP contribution in [0.4, 0.5) is 0 Å². The van der Waals surface area contributed by atoms with Crippen molar-refractivity contribution in [2.24, 2.45) is 0 Å². The van der Waals surface area contributed by atoms with Gasteiger partial charge in [-0.2, -0.15) is 0 Å². The molecule has 1 aromatic carbocycles. The Bertz CT molecular complexity index is 796. The normalized spacial score (nSPS) is 12.1. The number of hydrogen-bond donors (Lipinski definition) is 1. The maximum absolute atomic E-state index is 12.1. The van der Waals surface area contributed by atoms with Crippen molar-refractivity contribution in [3.05, 3.63) is 71.1 Å². The SMILES string of the molecule is Cc1cc(CC(=O)NCC(c2ccc(Cl)cc2)n2ccnc2)no1. The minimum absolute atomic E-state index is 0.0623. The molecule has 1 atom stereocenters. The molecule has 3 rings (SSSR count). The topological polar surface area (TPSA) is 73.0 Å². The molecule has 0 aliphatic carbocycles. The standard InChI is InChI=1S/C17H17ClN4O2/c1-12-8-15(21-24-12)9-17(23)20-10-16(22-7-6-19-11-22)13-2-4-14(18)5-3-13/h2-8,11,16H,9-10H2,1H3,(H,20,23). The summed E-state index contributed by atoms with van der Waals surface area (Å²) in [5.41, 5.74) is 1.66. The molecule has 2 aromatic heterocycles. The Balaban J connectivity index is 1.68. The van der Waals surface area contributed by atoms with E-state index in [1.165, 1.54) is 0 Å². The number of aromatic nitrogens is 3. The third-order valence-corrected chi connectivity index (χ3v) is 3.90. The van der Waals surface area contributed by atoms with Crippen molar-refractivity contribution >= 4 is 17.5 Å². The van der Waals surface area contributed by atoms with Crippen LogP contribution < -0.4 is 5.32 Å². The zero-order valence-corrected chi connectivity index (χ0v) is 13.9. The Kier molecular flexibility index (Phi) is 4.96. The zero-order chi connectivity index (χ0) is 16.9. The lowest BCUT2D eigenvalue weighted by Crippen LogP contribution is -2.32. The first-order valence-electron chi connectivity index (χ1n) is 7.53. The number of nitrogens with one attached hydrogen (secondary N) is 1. The van der Waals surface area contributed by atoms with Gasteiger partial charge < -0.3 is 14.4 Å². The number of hydrogen-bond acceptors (Lipinski definition) is 4. The Hall–Kier alpha value is -2.60. The number of carbonyl (C=O) groups is 1. The van der Waals surface area contributed by atoms with Crippen molar-refractivity contribution in [1.29, 1.82) is 0 Å². The molecule has 0 saturated carbocycles. The predicted molar refractivity (Wildman–Crippen MR) is 89.8 cm³/mol. The largest absolute Gasteiger partial charge is 0.361 e. The van der Waals surface area contributed by atoms with E-state index >= 15 is 0 Å². The molecule has 0 fully saturated rings. The molecule has 0 aliphatic heterocycles. The fourth-order valence-corrected chi connectivity index (χ4v) is 2.60. The van der Waals surface area contributed by atoms with Crippen molar-refractivity contribution in [3.8, 4) is 0 Å². The smallest absolute Gasteiger partial charge is 0.226 e. The van der Waals surface area contributed by atoms with Gasteiger partial charge in [-0.05, 0) is 24.6 Å². The van der Waals surface area contributed by atoms with Crippen molar-refractivity contribution < 1.29 is 9.32 Å². The second-order valence-electron chi connectivity index (χ2n) is 5.49. The first-order chi connectivity index (χ1) is 11.6. The number of aryl methyl sites for hydroxylation is 1. The van der Waals surface area contributed by atoms with Crippen molar-refractivity contribution in [2.75, 3.05) is 6.54 Å². The number of imidazole rings is 1. The van der Waals surface area contributed by atoms with E-state index in [1.807, 2.05) is 35.0 Å². The van der Waals surface area contributed by atoms with Crippen molar-refractivity contribution in [3.63, 3.8) is 0 Å². The molecule has 1 amide bonds. The van der Waals surface area contributed by atoms with E-state index in [1.54, 1.807) is 25.5 Å². The molecule has 3 aromatic rings. The summed E-state index contributed by atoms with van der Waals surface area (Å²) in [5.74, 6) is 0.581. The van der Waals surface area contributed by atoms with E-state index in [0.29, 0.717) is 23.0 Å². The summed E-state index contributed by atoms with van der Waals surface area (Å²) in [7, 11) is 0. The molecular weight excluding hydrogens is 328 g/mol. The highest BCUT2D eigenvalue weighted by molar-refractivity contribution is 6.30. The van der Waals surface area contributed by atoms with E-state index < -0.39 is 0 Å². The molecule has 24 heavy (non-hydrogen) atoms. The quantitative estimate of drug-likeness (QED) is 0.746. The Morgan fingerprint density at radius 2 is 2.17 bits per heavy atom. The Labute approximate surface area is 144 Å². The summed E-state index contributed by atoms with van der Waals surface area (Å²) in [6.07, 6.45) is 5.50. The lowest BCUT2D eigenvalue weighted by atomic mass is 10.1. The van der Waals surface area contributed by atoms with E-state index in [-0.39, 0.29) is 18.4 Å². The number of halogens is 1. The van der Waals surface area contributed by atoms with Gasteiger partial charge in [0.25, 0.3) is 0 Å². The van der Waals surface area contributed by atoms with Crippen LogP contribution >= 0.6 is 11.6 Å². The van der Waals surface area contributed by atoms with E-state index in [9.17, 15) is 4.79 Å². The predicted octanol–water partition coefficient (Wildman–Crippen LogP) is 2.78. The van der Waals surface area contributed by atoms with Gasteiger partial charge in [0.2, 0.25) is 5.91 Å². The molecule has 2 heterocycles. The fourth-order valence-electron chi connectivity index (χ4n) is 2.47. The lowest BCUT2D eigenvalue weighted by molar-refractivity contribution is -0.120. The summed E-state index contributed by atoms with van der Waals surface area (Å²) < 4.78 is 6.92. The summed E-state index contributed by atoms with van der Waals surface area (Å²) in [6.45, 7) is 2.23. The van der Waals surface area contributed by atoms with Crippen LogP contribution in [0.5, 0.6) is 0 Å². The van der Waals surface area contributed by atoms with Crippen LogP contribution in [0.2, 0.25) is 5.02 Å². The number of rotatable bonds is 6.